The number of aromatic nitrogens is 1. The third kappa shape index (κ3) is 6.64. The molecule has 0 N–H and O–H groups in total. The predicted octanol–water partition coefficient (Wildman–Crippen LogP) is 6.53. The third-order valence-corrected chi connectivity index (χ3v) is 5.89. The van der Waals surface area contributed by atoms with Crippen molar-refractivity contribution in [2.45, 2.75) is 39.7 Å². The second kappa shape index (κ2) is 12.2. The largest absolute Gasteiger partial charge is 0.466 e. The lowest BCUT2D eigenvalue weighted by atomic mass is 10.0. The van der Waals surface area contributed by atoms with Gasteiger partial charge in [0.1, 0.15) is 23.4 Å². The summed E-state index contributed by atoms with van der Waals surface area (Å²) < 4.78 is 35.9. The summed E-state index contributed by atoms with van der Waals surface area (Å²) in [6, 6.07) is 20.6. The number of hydrogen-bond acceptors (Lipinski definition) is 7. The minimum atomic E-state index is -0.733. The Balaban J connectivity index is 1.40. The predicted molar refractivity (Wildman–Crippen MR) is 138 cm³/mol. The molecule has 1 heterocycles. The number of benzene rings is 3. The molecule has 4 aromatic rings. The van der Waals surface area contributed by atoms with Crippen LogP contribution in [-0.4, -0.2) is 23.7 Å². The summed E-state index contributed by atoms with van der Waals surface area (Å²) in [6.45, 7) is 5.50. The number of hydrogen-bond donors (Lipinski definition) is 0. The van der Waals surface area contributed by atoms with Crippen molar-refractivity contribution in [3.63, 3.8) is 0 Å². The van der Waals surface area contributed by atoms with Crippen LogP contribution in [0.5, 0.6) is 11.5 Å². The number of rotatable bonds is 10. The van der Waals surface area contributed by atoms with Crippen LogP contribution in [0.4, 0.5) is 4.39 Å². The Labute approximate surface area is 220 Å². The lowest BCUT2D eigenvalue weighted by Crippen LogP contribution is -2.13. The average Bonchev–Trinajstić information content (AvgIpc) is 3.25. The minimum absolute atomic E-state index is 0.0696. The van der Waals surface area contributed by atoms with Crippen LogP contribution in [0.3, 0.4) is 0 Å². The van der Waals surface area contributed by atoms with E-state index in [9.17, 15) is 14.0 Å². The van der Waals surface area contributed by atoms with Crippen molar-refractivity contribution < 1.29 is 32.7 Å². The van der Waals surface area contributed by atoms with Crippen molar-refractivity contribution in [2.75, 3.05) is 6.61 Å². The Morgan fingerprint density at radius 3 is 2.24 bits per heavy atom. The SMILES string of the molecule is CCOC(=O)Cc1ccc(Oc2ccc(-c3onc(C)c3CC(=O)O[C@H](C)c3ccccc3F)cc2)cc1. The zero-order valence-electron chi connectivity index (χ0n) is 21.4. The Hall–Kier alpha value is -4.46. The van der Waals surface area contributed by atoms with Gasteiger partial charge in [-0.25, -0.2) is 4.39 Å². The summed E-state index contributed by atoms with van der Waals surface area (Å²) in [5, 5.41) is 4.02. The van der Waals surface area contributed by atoms with E-state index in [1.807, 2.05) is 12.1 Å². The molecule has 0 aliphatic carbocycles. The lowest BCUT2D eigenvalue weighted by Gasteiger charge is -2.14. The molecule has 0 bridgehead atoms. The molecule has 0 saturated heterocycles. The quantitative estimate of drug-likeness (QED) is 0.221. The summed E-state index contributed by atoms with van der Waals surface area (Å²) in [4.78, 5) is 24.3. The number of halogens is 1. The Morgan fingerprint density at radius 2 is 1.58 bits per heavy atom. The van der Waals surface area contributed by atoms with Crippen LogP contribution in [-0.2, 0) is 31.9 Å². The second-order valence-corrected chi connectivity index (χ2v) is 8.66. The molecule has 1 aromatic heterocycles. The standard InChI is InChI=1S/C30H28FNO6/c1-4-35-28(33)17-21-9-13-23(14-10-21)37-24-15-11-22(12-16-24)30-26(19(2)32-38-30)18-29(34)36-20(3)25-7-5-6-8-27(25)31/h5-16,20H,4,17-18H2,1-3H3/t20-/m1/s1. The van der Waals surface area contributed by atoms with Crippen molar-refractivity contribution in [1.82, 2.24) is 5.16 Å². The highest BCUT2D eigenvalue weighted by Gasteiger charge is 2.21. The molecule has 0 fully saturated rings. The van der Waals surface area contributed by atoms with Crippen LogP contribution in [0.15, 0.2) is 77.3 Å². The van der Waals surface area contributed by atoms with Crippen LogP contribution < -0.4 is 4.74 Å². The number of ether oxygens (including phenoxy) is 3. The van der Waals surface area contributed by atoms with Gasteiger partial charge in [0.05, 0.1) is 25.1 Å². The Bertz CT molecular complexity index is 1400. The molecule has 3 aromatic carbocycles. The van der Waals surface area contributed by atoms with E-state index in [2.05, 4.69) is 5.16 Å². The fraction of sp³-hybridized carbons (Fsp3) is 0.233. The second-order valence-electron chi connectivity index (χ2n) is 8.66. The van der Waals surface area contributed by atoms with E-state index >= 15 is 0 Å². The number of carbonyl (C=O) groups is 2. The lowest BCUT2D eigenvalue weighted by molar-refractivity contribution is -0.148. The molecule has 0 aliphatic heterocycles. The molecular formula is C30H28FNO6. The van der Waals surface area contributed by atoms with E-state index in [0.717, 1.165) is 5.56 Å². The first-order chi connectivity index (χ1) is 18.3. The van der Waals surface area contributed by atoms with E-state index in [4.69, 9.17) is 18.7 Å². The summed E-state index contributed by atoms with van der Waals surface area (Å²) in [5.74, 6) is 0.458. The van der Waals surface area contributed by atoms with E-state index < -0.39 is 17.9 Å². The van der Waals surface area contributed by atoms with Crippen molar-refractivity contribution in [2.24, 2.45) is 0 Å². The summed E-state index contributed by atoms with van der Waals surface area (Å²) >= 11 is 0. The highest BCUT2D eigenvalue weighted by molar-refractivity contribution is 5.77. The van der Waals surface area contributed by atoms with E-state index in [1.165, 1.54) is 6.07 Å². The van der Waals surface area contributed by atoms with E-state index in [1.54, 1.807) is 75.4 Å². The molecule has 0 spiro atoms. The first-order valence-corrected chi connectivity index (χ1v) is 12.3. The van der Waals surface area contributed by atoms with Gasteiger partial charge in [-0.05, 0) is 68.8 Å². The topological polar surface area (TPSA) is 87.9 Å². The smallest absolute Gasteiger partial charge is 0.311 e. The number of nitrogens with zero attached hydrogens (tertiary/aromatic N) is 1. The van der Waals surface area contributed by atoms with Gasteiger partial charge in [-0.15, -0.1) is 0 Å². The van der Waals surface area contributed by atoms with Crippen molar-refractivity contribution in [3.8, 4) is 22.8 Å². The molecule has 196 valence electrons. The minimum Gasteiger partial charge on any atom is -0.466 e. The summed E-state index contributed by atoms with van der Waals surface area (Å²) in [5.41, 5.74) is 3.03. The Kier molecular flexibility index (Phi) is 8.53. The maximum absolute atomic E-state index is 14.0. The zero-order valence-corrected chi connectivity index (χ0v) is 21.4. The maximum Gasteiger partial charge on any atom is 0.311 e. The van der Waals surface area contributed by atoms with Crippen LogP contribution >= 0.6 is 0 Å². The molecule has 0 saturated carbocycles. The normalized spacial score (nSPS) is 11.6. The van der Waals surface area contributed by atoms with E-state index in [0.29, 0.717) is 46.3 Å². The first kappa shape index (κ1) is 26.6. The summed E-state index contributed by atoms with van der Waals surface area (Å²) in [7, 11) is 0. The molecule has 0 aliphatic rings. The number of aryl methyl sites for hydroxylation is 1. The van der Waals surface area contributed by atoms with Gasteiger partial charge in [0, 0.05) is 16.7 Å². The Morgan fingerprint density at radius 1 is 0.921 bits per heavy atom. The molecule has 0 amide bonds. The highest BCUT2D eigenvalue weighted by Crippen LogP contribution is 2.31. The van der Waals surface area contributed by atoms with Gasteiger partial charge in [-0.1, -0.05) is 35.5 Å². The van der Waals surface area contributed by atoms with Gasteiger partial charge in [0.15, 0.2) is 5.76 Å². The van der Waals surface area contributed by atoms with Crippen molar-refractivity contribution in [3.05, 3.63) is 101 Å². The fourth-order valence-electron chi connectivity index (χ4n) is 3.94. The molecule has 8 heteroatoms. The monoisotopic (exact) mass is 517 g/mol. The van der Waals surface area contributed by atoms with Crippen LogP contribution in [0, 0.1) is 12.7 Å². The van der Waals surface area contributed by atoms with Crippen LogP contribution in [0.1, 0.15) is 42.3 Å². The zero-order chi connectivity index (χ0) is 27.1. The molecule has 0 unspecified atom stereocenters. The van der Waals surface area contributed by atoms with Crippen molar-refractivity contribution >= 4 is 11.9 Å². The molecule has 4 rings (SSSR count). The molecule has 1 atom stereocenters. The van der Waals surface area contributed by atoms with Gasteiger partial charge in [-0.2, -0.15) is 0 Å². The average molecular weight is 518 g/mol. The number of carbonyl (C=O) groups excluding carboxylic acids is 2. The van der Waals surface area contributed by atoms with Gasteiger partial charge < -0.3 is 18.7 Å². The molecule has 7 nitrogen and oxygen atoms in total. The fourth-order valence-corrected chi connectivity index (χ4v) is 3.94. The van der Waals surface area contributed by atoms with Gasteiger partial charge >= 0.3 is 11.9 Å². The van der Waals surface area contributed by atoms with Gasteiger partial charge in [0.25, 0.3) is 0 Å². The summed E-state index contributed by atoms with van der Waals surface area (Å²) in [6.07, 6.45) is -0.597. The van der Waals surface area contributed by atoms with Gasteiger partial charge in [-0.3, -0.25) is 9.59 Å². The van der Waals surface area contributed by atoms with E-state index in [-0.39, 0.29) is 18.8 Å². The van der Waals surface area contributed by atoms with Crippen molar-refractivity contribution in [1.29, 1.82) is 0 Å². The third-order valence-electron chi connectivity index (χ3n) is 5.89. The highest BCUT2D eigenvalue weighted by atomic mass is 19.1. The number of esters is 2. The molecule has 38 heavy (non-hydrogen) atoms. The molecule has 0 radical (unpaired) electrons. The molecular weight excluding hydrogens is 489 g/mol. The first-order valence-electron chi connectivity index (χ1n) is 12.3. The van der Waals surface area contributed by atoms with Crippen LogP contribution in [0.25, 0.3) is 11.3 Å². The maximum atomic E-state index is 14.0. The van der Waals surface area contributed by atoms with Gasteiger partial charge in [0.2, 0.25) is 0 Å². The van der Waals surface area contributed by atoms with Crippen LogP contribution in [0.2, 0.25) is 0 Å².